The van der Waals surface area contributed by atoms with E-state index in [1.807, 2.05) is 0 Å². The molecule has 0 atom stereocenters. The van der Waals surface area contributed by atoms with Gasteiger partial charge in [0.1, 0.15) is 12.4 Å². The number of hydrogen-bond donors (Lipinski definition) is 4. The van der Waals surface area contributed by atoms with Crippen molar-refractivity contribution in [3.05, 3.63) is 18.2 Å². The molecule has 2 amide bonds. The first kappa shape index (κ1) is 11.0. The second kappa shape index (κ2) is 4.94. The number of anilines is 2. The minimum absolute atomic E-state index is 0.303. The number of carbonyl (C=O) groups excluding carboxylic acids is 1. The molecule has 0 aliphatic carbocycles. The molecule has 0 spiro atoms. The number of benzene rings is 1. The molecule has 0 unspecified atom stereocenters. The first-order chi connectivity index (χ1) is 7.09. The molecule has 1 aromatic carbocycles. The van der Waals surface area contributed by atoms with Crippen LogP contribution in [0.1, 0.15) is 0 Å². The van der Waals surface area contributed by atoms with Gasteiger partial charge in [-0.2, -0.15) is 0 Å². The Hall–Kier alpha value is -2.11. The van der Waals surface area contributed by atoms with Crippen LogP contribution in [0.25, 0.3) is 0 Å². The van der Waals surface area contributed by atoms with Gasteiger partial charge < -0.3 is 27.3 Å². The molecule has 6 heteroatoms. The third kappa shape index (κ3) is 3.63. The van der Waals surface area contributed by atoms with Crippen LogP contribution in [0.3, 0.4) is 0 Å². The van der Waals surface area contributed by atoms with Crippen molar-refractivity contribution in [1.29, 1.82) is 0 Å². The number of nitrogen functional groups attached to an aromatic ring is 2. The molecule has 0 saturated heterocycles. The largest absolute Gasteiger partial charge is 0.490 e. The summed E-state index contributed by atoms with van der Waals surface area (Å²) in [4.78, 5) is 10.3. The van der Waals surface area contributed by atoms with E-state index in [1.54, 1.807) is 18.2 Å². The summed E-state index contributed by atoms with van der Waals surface area (Å²) in [6.07, 6.45) is 0. The molecule has 0 aliphatic rings. The topological polar surface area (TPSA) is 116 Å². The van der Waals surface area contributed by atoms with Crippen LogP contribution in [0.15, 0.2) is 18.2 Å². The van der Waals surface area contributed by atoms with Crippen molar-refractivity contribution in [2.75, 3.05) is 24.6 Å². The minimum atomic E-state index is -0.580. The molecule has 0 aliphatic heterocycles. The number of amides is 2. The second-order valence-corrected chi connectivity index (χ2v) is 2.94. The Labute approximate surface area is 87.4 Å². The van der Waals surface area contributed by atoms with Gasteiger partial charge in [0.2, 0.25) is 0 Å². The quantitative estimate of drug-likeness (QED) is 0.410. The summed E-state index contributed by atoms with van der Waals surface area (Å²) in [6, 6.07) is 4.39. The van der Waals surface area contributed by atoms with E-state index >= 15 is 0 Å². The van der Waals surface area contributed by atoms with Gasteiger partial charge in [0.15, 0.2) is 0 Å². The second-order valence-electron chi connectivity index (χ2n) is 2.94. The molecule has 15 heavy (non-hydrogen) atoms. The van der Waals surface area contributed by atoms with Gasteiger partial charge in [-0.15, -0.1) is 0 Å². The highest BCUT2D eigenvalue weighted by Crippen LogP contribution is 2.23. The molecule has 1 aromatic rings. The van der Waals surface area contributed by atoms with E-state index in [0.29, 0.717) is 30.3 Å². The predicted molar refractivity (Wildman–Crippen MR) is 58.3 cm³/mol. The van der Waals surface area contributed by atoms with Gasteiger partial charge >= 0.3 is 6.03 Å². The summed E-state index contributed by atoms with van der Waals surface area (Å²) in [7, 11) is 0. The van der Waals surface area contributed by atoms with E-state index in [0.717, 1.165) is 0 Å². The SMILES string of the molecule is NC(=O)NCCOc1ccc(N)cc1N. The van der Waals surface area contributed by atoms with E-state index in [1.165, 1.54) is 0 Å². The van der Waals surface area contributed by atoms with Crippen LogP contribution in [0, 0.1) is 0 Å². The lowest BCUT2D eigenvalue weighted by Gasteiger charge is -2.09. The summed E-state index contributed by atoms with van der Waals surface area (Å²) in [6.45, 7) is 0.635. The predicted octanol–water partition coefficient (Wildman–Crippen LogP) is -0.102. The zero-order valence-corrected chi connectivity index (χ0v) is 8.19. The highest BCUT2D eigenvalue weighted by atomic mass is 16.5. The fourth-order valence-corrected chi connectivity index (χ4v) is 1.03. The number of urea groups is 1. The molecular weight excluding hydrogens is 196 g/mol. The van der Waals surface area contributed by atoms with E-state index in [-0.39, 0.29) is 0 Å². The monoisotopic (exact) mass is 210 g/mol. The summed E-state index contributed by atoms with van der Waals surface area (Å²) >= 11 is 0. The number of primary amides is 1. The first-order valence-electron chi connectivity index (χ1n) is 4.40. The Morgan fingerprint density at radius 3 is 2.73 bits per heavy atom. The van der Waals surface area contributed by atoms with Crippen LogP contribution in [0.5, 0.6) is 5.75 Å². The Kier molecular flexibility index (Phi) is 3.61. The molecule has 0 fully saturated rings. The van der Waals surface area contributed by atoms with E-state index in [4.69, 9.17) is 21.9 Å². The van der Waals surface area contributed by atoms with Crippen LogP contribution in [-0.4, -0.2) is 19.2 Å². The van der Waals surface area contributed by atoms with Gasteiger partial charge in [0, 0.05) is 5.69 Å². The number of hydrogen-bond acceptors (Lipinski definition) is 4. The van der Waals surface area contributed by atoms with Crippen molar-refractivity contribution in [3.63, 3.8) is 0 Å². The average molecular weight is 210 g/mol. The van der Waals surface area contributed by atoms with Gasteiger partial charge in [-0.05, 0) is 18.2 Å². The van der Waals surface area contributed by atoms with Crippen LogP contribution in [-0.2, 0) is 0 Å². The smallest absolute Gasteiger partial charge is 0.312 e. The Bertz CT molecular complexity index is 354. The van der Waals surface area contributed by atoms with E-state index in [2.05, 4.69) is 5.32 Å². The number of nitrogens with one attached hydrogen (secondary N) is 1. The summed E-state index contributed by atoms with van der Waals surface area (Å²) < 4.78 is 5.29. The van der Waals surface area contributed by atoms with Crippen molar-refractivity contribution in [1.82, 2.24) is 5.32 Å². The maximum Gasteiger partial charge on any atom is 0.312 e. The summed E-state index contributed by atoms with van der Waals surface area (Å²) in [5.74, 6) is 0.537. The van der Waals surface area contributed by atoms with Crippen molar-refractivity contribution in [3.8, 4) is 5.75 Å². The lowest BCUT2D eigenvalue weighted by Crippen LogP contribution is -2.32. The number of nitrogens with two attached hydrogens (primary N) is 3. The zero-order chi connectivity index (χ0) is 11.3. The van der Waals surface area contributed by atoms with Crippen molar-refractivity contribution in [2.45, 2.75) is 0 Å². The average Bonchev–Trinajstić information content (AvgIpc) is 2.14. The molecule has 0 heterocycles. The fourth-order valence-electron chi connectivity index (χ4n) is 1.03. The van der Waals surface area contributed by atoms with Gasteiger partial charge in [-0.1, -0.05) is 0 Å². The normalized spacial score (nSPS) is 9.60. The summed E-state index contributed by atoms with van der Waals surface area (Å²) in [5, 5.41) is 2.39. The third-order valence-electron chi connectivity index (χ3n) is 1.69. The molecule has 82 valence electrons. The van der Waals surface area contributed by atoms with Gasteiger partial charge in [0.05, 0.1) is 12.2 Å². The van der Waals surface area contributed by atoms with Crippen LogP contribution >= 0.6 is 0 Å². The molecule has 6 nitrogen and oxygen atoms in total. The van der Waals surface area contributed by atoms with Crippen molar-refractivity contribution in [2.24, 2.45) is 5.73 Å². The maximum atomic E-state index is 10.3. The Morgan fingerprint density at radius 2 is 2.13 bits per heavy atom. The zero-order valence-electron chi connectivity index (χ0n) is 8.19. The molecule has 7 N–H and O–H groups in total. The van der Waals surface area contributed by atoms with Crippen LogP contribution < -0.4 is 27.3 Å². The number of ether oxygens (including phenoxy) is 1. The van der Waals surface area contributed by atoms with E-state index in [9.17, 15) is 4.79 Å². The fraction of sp³-hybridized carbons (Fsp3) is 0.222. The molecule has 1 rings (SSSR count). The third-order valence-corrected chi connectivity index (χ3v) is 1.69. The molecule has 0 saturated carbocycles. The highest BCUT2D eigenvalue weighted by molar-refractivity contribution is 5.71. The standard InChI is InChI=1S/C9H14N4O2/c10-6-1-2-8(7(11)5-6)15-4-3-13-9(12)14/h1-2,5H,3-4,10-11H2,(H3,12,13,14). The van der Waals surface area contributed by atoms with Gasteiger partial charge in [0.25, 0.3) is 0 Å². The Balaban J connectivity index is 2.40. The molecule has 0 radical (unpaired) electrons. The van der Waals surface area contributed by atoms with Crippen LogP contribution in [0.4, 0.5) is 16.2 Å². The maximum absolute atomic E-state index is 10.3. The minimum Gasteiger partial charge on any atom is -0.490 e. The molecule has 0 aromatic heterocycles. The van der Waals surface area contributed by atoms with Gasteiger partial charge in [-0.3, -0.25) is 0 Å². The lowest BCUT2D eigenvalue weighted by molar-refractivity contribution is 0.244. The van der Waals surface area contributed by atoms with Crippen LogP contribution in [0.2, 0.25) is 0 Å². The van der Waals surface area contributed by atoms with E-state index < -0.39 is 6.03 Å². The molecular formula is C9H14N4O2. The summed E-state index contributed by atoms with van der Waals surface area (Å²) in [5.41, 5.74) is 17.1. The highest BCUT2D eigenvalue weighted by Gasteiger charge is 2.00. The van der Waals surface area contributed by atoms with Crippen molar-refractivity contribution >= 4 is 17.4 Å². The van der Waals surface area contributed by atoms with Crippen molar-refractivity contribution < 1.29 is 9.53 Å². The Morgan fingerprint density at radius 1 is 1.40 bits per heavy atom. The first-order valence-corrected chi connectivity index (χ1v) is 4.40. The van der Waals surface area contributed by atoms with Gasteiger partial charge in [-0.25, -0.2) is 4.79 Å². The number of rotatable bonds is 4. The lowest BCUT2D eigenvalue weighted by atomic mass is 10.2. The number of carbonyl (C=O) groups is 1. The molecule has 0 bridgehead atoms.